The van der Waals surface area contributed by atoms with Crippen LogP contribution in [0.15, 0.2) is 23.1 Å². The van der Waals surface area contributed by atoms with Crippen molar-refractivity contribution in [1.82, 2.24) is 5.32 Å². The lowest BCUT2D eigenvalue weighted by Gasteiger charge is -2.28. The molecule has 0 radical (unpaired) electrons. The predicted molar refractivity (Wildman–Crippen MR) is 75.9 cm³/mol. The lowest BCUT2D eigenvalue weighted by molar-refractivity contribution is 0.0896. The average molecular weight is 322 g/mol. The molecule has 7 heteroatoms. The molecule has 0 atom stereocenters. The highest BCUT2D eigenvalue weighted by Gasteiger charge is 2.25. The third kappa shape index (κ3) is 3.93. The van der Waals surface area contributed by atoms with E-state index in [0.29, 0.717) is 12.8 Å². The van der Waals surface area contributed by atoms with E-state index in [9.17, 15) is 17.6 Å². The molecular weight excluding hydrogens is 305 g/mol. The third-order valence-corrected chi connectivity index (χ3v) is 4.79. The van der Waals surface area contributed by atoms with E-state index in [1.807, 2.05) is 20.8 Å². The van der Waals surface area contributed by atoms with Crippen molar-refractivity contribution >= 4 is 25.6 Å². The minimum absolute atomic E-state index is 0.305. The van der Waals surface area contributed by atoms with Crippen LogP contribution < -0.4 is 5.32 Å². The van der Waals surface area contributed by atoms with Gasteiger partial charge in [-0.1, -0.05) is 13.8 Å². The number of hydrogen-bond donors (Lipinski definition) is 1. The van der Waals surface area contributed by atoms with Gasteiger partial charge in [-0.25, -0.2) is 12.8 Å². The van der Waals surface area contributed by atoms with E-state index >= 15 is 0 Å². The van der Waals surface area contributed by atoms with Crippen LogP contribution in [0.25, 0.3) is 0 Å². The van der Waals surface area contributed by atoms with E-state index in [1.54, 1.807) is 0 Å². The fourth-order valence-corrected chi connectivity index (χ4v) is 2.38. The van der Waals surface area contributed by atoms with Crippen LogP contribution >= 0.6 is 10.7 Å². The highest BCUT2D eigenvalue weighted by atomic mass is 35.7. The molecule has 0 heterocycles. The second-order valence-corrected chi connectivity index (χ2v) is 7.37. The Kier molecular flexibility index (Phi) is 5.15. The topological polar surface area (TPSA) is 63.2 Å². The SMILES string of the molecule is CCC(C)(CC)NC(=O)c1cc(S(=O)(=O)Cl)ccc1F. The van der Waals surface area contributed by atoms with Crippen LogP contribution in [0.3, 0.4) is 0 Å². The maximum atomic E-state index is 13.7. The number of halogens is 2. The van der Waals surface area contributed by atoms with Gasteiger partial charge in [0.2, 0.25) is 0 Å². The molecular formula is C13H17ClFNO3S. The summed E-state index contributed by atoms with van der Waals surface area (Å²) in [5.41, 5.74) is -0.806. The zero-order chi connectivity index (χ0) is 15.6. The molecule has 1 aromatic carbocycles. The van der Waals surface area contributed by atoms with Crippen molar-refractivity contribution in [2.24, 2.45) is 0 Å². The molecule has 1 amide bonds. The monoisotopic (exact) mass is 321 g/mol. The smallest absolute Gasteiger partial charge is 0.261 e. The van der Waals surface area contributed by atoms with Gasteiger partial charge in [0.25, 0.3) is 15.0 Å². The Morgan fingerprint density at radius 1 is 1.35 bits per heavy atom. The van der Waals surface area contributed by atoms with Gasteiger partial charge in [0, 0.05) is 16.2 Å². The average Bonchev–Trinajstić information content (AvgIpc) is 2.37. The van der Waals surface area contributed by atoms with E-state index in [1.165, 1.54) is 0 Å². The molecule has 20 heavy (non-hydrogen) atoms. The highest BCUT2D eigenvalue weighted by molar-refractivity contribution is 8.13. The molecule has 0 aliphatic heterocycles. The summed E-state index contributed by atoms with van der Waals surface area (Å²) >= 11 is 0. The summed E-state index contributed by atoms with van der Waals surface area (Å²) in [6, 6.07) is 2.88. The van der Waals surface area contributed by atoms with Crippen molar-refractivity contribution < 1.29 is 17.6 Å². The van der Waals surface area contributed by atoms with E-state index in [2.05, 4.69) is 5.32 Å². The fourth-order valence-electron chi connectivity index (χ4n) is 1.60. The first kappa shape index (κ1) is 16.9. The molecule has 0 aromatic heterocycles. The van der Waals surface area contributed by atoms with Gasteiger partial charge >= 0.3 is 0 Å². The molecule has 0 fully saturated rings. The predicted octanol–water partition coefficient (Wildman–Crippen LogP) is 3.06. The molecule has 0 saturated carbocycles. The highest BCUT2D eigenvalue weighted by Crippen LogP contribution is 2.20. The van der Waals surface area contributed by atoms with Crippen molar-refractivity contribution in [3.8, 4) is 0 Å². The van der Waals surface area contributed by atoms with Gasteiger partial charge in [-0.3, -0.25) is 4.79 Å². The van der Waals surface area contributed by atoms with Gasteiger partial charge in [0.15, 0.2) is 0 Å². The minimum Gasteiger partial charge on any atom is -0.347 e. The van der Waals surface area contributed by atoms with Gasteiger partial charge in [-0.15, -0.1) is 0 Å². The normalized spacial score (nSPS) is 12.2. The Morgan fingerprint density at radius 2 is 1.90 bits per heavy atom. The molecule has 0 aliphatic rings. The summed E-state index contributed by atoms with van der Waals surface area (Å²) in [5, 5.41) is 2.71. The Bertz CT molecular complexity index is 612. The quantitative estimate of drug-likeness (QED) is 0.848. The van der Waals surface area contributed by atoms with E-state index in [-0.39, 0.29) is 10.5 Å². The molecule has 0 saturated heterocycles. The zero-order valence-corrected chi connectivity index (χ0v) is 13.1. The first-order valence-corrected chi connectivity index (χ1v) is 8.50. The van der Waals surface area contributed by atoms with Crippen LogP contribution in [0.5, 0.6) is 0 Å². The molecule has 0 unspecified atom stereocenters. The van der Waals surface area contributed by atoms with Crippen LogP contribution in [-0.4, -0.2) is 19.9 Å². The van der Waals surface area contributed by atoms with Gasteiger partial charge in [-0.2, -0.15) is 0 Å². The Hall–Kier alpha value is -1.14. The maximum Gasteiger partial charge on any atom is 0.261 e. The fraction of sp³-hybridized carbons (Fsp3) is 0.462. The molecule has 1 aromatic rings. The second-order valence-electron chi connectivity index (χ2n) is 4.80. The van der Waals surface area contributed by atoms with Crippen molar-refractivity contribution in [2.45, 2.75) is 44.0 Å². The van der Waals surface area contributed by atoms with Crippen LogP contribution in [0.1, 0.15) is 44.0 Å². The van der Waals surface area contributed by atoms with Gasteiger partial charge in [0.1, 0.15) is 5.82 Å². The number of carbonyl (C=O) groups is 1. The number of rotatable bonds is 5. The van der Waals surface area contributed by atoms with E-state index in [0.717, 1.165) is 18.2 Å². The standard InChI is InChI=1S/C13H17ClFNO3S/c1-4-13(3,5-2)16-12(17)10-8-9(20(14,18)19)6-7-11(10)15/h6-8H,4-5H2,1-3H3,(H,16,17). The van der Waals surface area contributed by atoms with E-state index < -0.39 is 26.3 Å². The zero-order valence-electron chi connectivity index (χ0n) is 11.5. The summed E-state index contributed by atoms with van der Waals surface area (Å²) in [6.07, 6.45) is 1.34. The molecule has 0 spiro atoms. The molecule has 4 nitrogen and oxygen atoms in total. The summed E-state index contributed by atoms with van der Waals surface area (Å²) in [7, 11) is 1.19. The summed E-state index contributed by atoms with van der Waals surface area (Å²) in [4.78, 5) is 11.8. The van der Waals surface area contributed by atoms with Crippen LogP contribution in [0.2, 0.25) is 0 Å². The lowest BCUT2D eigenvalue weighted by atomic mass is 9.95. The number of amides is 1. The van der Waals surface area contributed by atoms with Crippen molar-refractivity contribution in [1.29, 1.82) is 0 Å². The number of benzene rings is 1. The molecule has 1 rings (SSSR count). The first-order chi connectivity index (χ1) is 9.13. The van der Waals surface area contributed by atoms with Gasteiger partial charge in [-0.05, 0) is 38.0 Å². The summed E-state index contributed by atoms with van der Waals surface area (Å²) in [5.74, 6) is -1.45. The number of carbonyl (C=O) groups excluding carboxylic acids is 1. The summed E-state index contributed by atoms with van der Waals surface area (Å²) in [6.45, 7) is 5.64. The lowest BCUT2D eigenvalue weighted by Crippen LogP contribution is -2.45. The molecule has 0 aliphatic carbocycles. The largest absolute Gasteiger partial charge is 0.347 e. The van der Waals surface area contributed by atoms with Crippen molar-refractivity contribution in [2.75, 3.05) is 0 Å². The molecule has 112 valence electrons. The maximum absolute atomic E-state index is 13.7. The first-order valence-electron chi connectivity index (χ1n) is 6.19. The van der Waals surface area contributed by atoms with Crippen LogP contribution in [0, 0.1) is 5.82 Å². The van der Waals surface area contributed by atoms with Crippen LogP contribution in [-0.2, 0) is 9.05 Å². The molecule has 1 N–H and O–H groups in total. The Labute approximate surface area is 122 Å². The van der Waals surface area contributed by atoms with Crippen LogP contribution in [0.4, 0.5) is 4.39 Å². The minimum atomic E-state index is -4.00. The van der Waals surface area contributed by atoms with Crippen molar-refractivity contribution in [3.63, 3.8) is 0 Å². The van der Waals surface area contributed by atoms with Crippen molar-refractivity contribution in [3.05, 3.63) is 29.6 Å². The van der Waals surface area contributed by atoms with E-state index in [4.69, 9.17) is 10.7 Å². The Morgan fingerprint density at radius 3 is 2.35 bits per heavy atom. The second kappa shape index (κ2) is 6.10. The number of nitrogens with one attached hydrogen (secondary N) is 1. The summed E-state index contributed by atoms with van der Waals surface area (Å²) < 4.78 is 36.1. The third-order valence-electron chi connectivity index (χ3n) is 3.44. The number of hydrogen-bond acceptors (Lipinski definition) is 3. The Balaban J connectivity index is 3.17. The van der Waals surface area contributed by atoms with Gasteiger partial charge < -0.3 is 5.32 Å². The van der Waals surface area contributed by atoms with Gasteiger partial charge in [0.05, 0.1) is 10.5 Å². The molecule has 0 bridgehead atoms.